The molecule has 0 saturated heterocycles. The number of aliphatic hydroxyl groups excluding tert-OH is 2. The molecule has 5 atom stereocenters. The minimum atomic E-state index is -4.95. The molecule has 18 heteroatoms. The van der Waals surface area contributed by atoms with Crippen LogP contribution in [0.2, 0.25) is 0 Å². The van der Waals surface area contributed by atoms with Gasteiger partial charge in [-0.15, -0.1) is 0 Å². The van der Waals surface area contributed by atoms with Crippen molar-refractivity contribution in [3.63, 3.8) is 0 Å². The van der Waals surface area contributed by atoms with Crippen LogP contribution in [0.15, 0.2) is 170 Å². The highest BCUT2D eigenvalue weighted by Gasteiger charge is 2.30. The molecule has 0 bridgehead atoms. The van der Waals surface area contributed by atoms with Gasteiger partial charge in [-0.05, 0) is 154 Å². The first-order valence-electron chi connectivity index (χ1n) is 50.4. The number of rotatable bonds is 95. The van der Waals surface area contributed by atoms with E-state index >= 15 is 0 Å². The fourth-order valence-electron chi connectivity index (χ4n) is 13.8. The SMILES string of the molecule is CC/C=C\C/C=C\C/C=C\C/C=C\C/C=C\CCCCCCCCCCCCCCCCCC(=O)OCC(O)COP(=O)(O)OCC(O)COP(=O)(O)OCC(COC(=O)CCCCCCCCCCCCCCCCC/C=C\C/C=C\C/C=C\C/C=C\C/C=C\CC)OC(=O)CCCCCCCCCCCCC/C=C\C/C=C\C/C=C\C/C=C\CCCCC. The third kappa shape index (κ3) is 99.3. The number of hydrogen-bond acceptors (Lipinski definition) is 14. The summed E-state index contributed by atoms with van der Waals surface area (Å²) in [7, 11) is -9.82. The van der Waals surface area contributed by atoms with E-state index in [9.17, 15) is 43.5 Å². The van der Waals surface area contributed by atoms with E-state index in [4.69, 9.17) is 32.3 Å². The monoisotopic (exact) mass is 1790 g/mol. The topological polar surface area (TPSA) is 231 Å². The fourth-order valence-corrected chi connectivity index (χ4v) is 15.4. The van der Waals surface area contributed by atoms with Crippen molar-refractivity contribution in [3.8, 4) is 0 Å². The van der Waals surface area contributed by atoms with Crippen LogP contribution in [0.5, 0.6) is 0 Å². The summed E-state index contributed by atoms with van der Waals surface area (Å²) in [5.74, 6) is -1.56. The summed E-state index contributed by atoms with van der Waals surface area (Å²) in [6.07, 6.45) is 128. The van der Waals surface area contributed by atoms with Gasteiger partial charge in [0.15, 0.2) is 6.10 Å². The fraction of sp³-hybridized carbons (Fsp3) is 0.710. The largest absolute Gasteiger partial charge is 0.472 e. The van der Waals surface area contributed by atoms with Gasteiger partial charge in [0.05, 0.1) is 26.4 Å². The molecule has 4 N–H and O–H groups in total. The van der Waals surface area contributed by atoms with E-state index in [1.165, 1.54) is 218 Å². The molecule has 0 spiro atoms. The van der Waals surface area contributed by atoms with Gasteiger partial charge in [0, 0.05) is 19.3 Å². The van der Waals surface area contributed by atoms with E-state index in [0.29, 0.717) is 19.3 Å². The molecule has 0 aliphatic rings. The van der Waals surface area contributed by atoms with E-state index in [1.54, 1.807) is 0 Å². The Balaban J connectivity index is 4.62. The molecule has 0 aromatic heterocycles. The molecule has 0 radical (unpaired) electrons. The van der Waals surface area contributed by atoms with Crippen LogP contribution in [0, 0.1) is 0 Å². The third-order valence-corrected chi connectivity index (χ3v) is 23.3. The Hall–Kier alpha value is -5.09. The second-order valence-electron chi connectivity index (χ2n) is 33.5. The summed E-state index contributed by atoms with van der Waals surface area (Å²) in [4.78, 5) is 59.2. The third-order valence-electron chi connectivity index (χ3n) is 21.4. The van der Waals surface area contributed by atoms with E-state index in [0.717, 1.165) is 154 Å². The Bertz CT molecular complexity index is 2950. The number of allylic oxidation sites excluding steroid dienone is 28. The predicted molar refractivity (Wildman–Crippen MR) is 528 cm³/mol. The first-order valence-corrected chi connectivity index (χ1v) is 53.4. The van der Waals surface area contributed by atoms with Crippen molar-refractivity contribution in [2.45, 2.75) is 450 Å². The molecule has 0 fully saturated rings. The Labute approximate surface area is 764 Å². The number of phosphoric acid groups is 2. The predicted octanol–water partition coefficient (Wildman–Crippen LogP) is 31.8. The van der Waals surface area contributed by atoms with Gasteiger partial charge in [-0.1, -0.05) is 428 Å². The van der Waals surface area contributed by atoms with Crippen LogP contribution in [0.1, 0.15) is 432 Å². The molecule has 0 aliphatic heterocycles. The van der Waals surface area contributed by atoms with Crippen LogP contribution >= 0.6 is 15.6 Å². The van der Waals surface area contributed by atoms with Crippen molar-refractivity contribution in [1.82, 2.24) is 0 Å². The highest BCUT2D eigenvalue weighted by molar-refractivity contribution is 7.47. The summed E-state index contributed by atoms with van der Waals surface area (Å²) in [6, 6.07) is 0. The zero-order chi connectivity index (χ0) is 90.7. The standard InChI is InChI=1S/C107H184O16P2/c1-4-7-10-13-16-19-22-25-28-31-34-37-40-43-46-48-50-52-55-57-60-63-66-69-72-75-78-81-84-87-90-93-105(110)117-96-102(108)97-119-124(113,114)120-98-103(109)99-121-125(115,116)122-101-104(123-107(112)95-92-89-86-83-80-77-74-71-68-65-62-59-54-45-42-39-36-33-30-27-24-21-18-15-12-9-6-3)100-118-106(111)94-91-88-85-82-79-76-73-70-67-64-61-58-56-53-51-49-47-44-41-38-35-32-29-26-23-20-17-14-11-8-5-2/h7-8,10-11,16-21,25-30,34-39,43-47,54,102-104,108-109H,4-6,9,12-15,22-24,31-33,40-42,48-53,55-101H2,1-3H3,(H,113,114)(H,115,116)/b10-7-,11-8-,19-16-,20-17-,21-18-,28-25-,29-26-,30-27-,37-34-,38-35-,39-36-,46-43-,47-44-,54-45-. The van der Waals surface area contributed by atoms with Crippen molar-refractivity contribution in [3.05, 3.63) is 170 Å². The van der Waals surface area contributed by atoms with Crippen molar-refractivity contribution in [2.75, 3.05) is 39.6 Å². The van der Waals surface area contributed by atoms with E-state index in [2.05, 4.69) is 191 Å². The van der Waals surface area contributed by atoms with E-state index in [1.807, 2.05) is 0 Å². The maximum absolute atomic E-state index is 13.1. The first kappa shape index (κ1) is 120. The van der Waals surface area contributed by atoms with Crippen LogP contribution in [0.25, 0.3) is 0 Å². The van der Waals surface area contributed by atoms with Crippen LogP contribution in [0.3, 0.4) is 0 Å². The minimum absolute atomic E-state index is 0.0984. The Morgan fingerprint density at radius 3 is 0.672 bits per heavy atom. The van der Waals surface area contributed by atoms with Crippen LogP contribution in [-0.2, 0) is 55.8 Å². The molecule has 0 saturated carbocycles. The van der Waals surface area contributed by atoms with Crippen LogP contribution in [0.4, 0.5) is 0 Å². The van der Waals surface area contributed by atoms with Gasteiger partial charge in [0.1, 0.15) is 25.4 Å². The molecular weight excluding hydrogens is 1600 g/mol. The summed E-state index contributed by atoms with van der Waals surface area (Å²) in [6.45, 7) is 2.50. The van der Waals surface area contributed by atoms with Gasteiger partial charge in [-0.25, -0.2) is 9.13 Å². The summed E-state index contributed by atoms with van der Waals surface area (Å²) in [5.41, 5.74) is 0. The van der Waals surface area contributed by atoms with Gasteiger partial charge in [-0.2, -0.15) is 0 Å². The number of carbonyl (C=O) groups is 3. The maximum Gasteiger partial charge on any atom is 0.472 e. The molecule has 0 amide bonds. The zero-order valence-corrected chi connectivity index (χ0v) is 81.3. The van der Waals surface area contributed by atoms with E-state index in [-0.39, 0.29) is 19.3 Å². The number of unbranched alkanes of at least 4 members (excludes halogenated alkanes) is 44. The number of carbonyl (C=O) groups excluding carboxylic acids is 3. The maximum atomic E-state index is 13.1. The molecule has 5 unspecified atom stereocenters. The molecule has 0 rings (SSSR count). The lowest BCUT2D eigenvalue weighted by Gasteiger charge is -2.21. The molecular formula is C107H184O16P2. The Kier molecular flexibility index (Phi) is 94.0. The normalized spacial score (nSPS) is 14.4. The highest BCUT2D eigenvalue weighted by atomic mass is 31.2. The number of hydrogen-bond donors (Lipinski definition) is 4. The lowest BCUT2D eigenvalue weighted by molar-refractivity contribution is -0.161. The van der Waals surface area contributed by atoms with Gasteiger partial charge in [-0.3, -0.25) is 32.5 Å². The van der Waals surface area contributed by atoms with Crippen molar-refractivity contribution in [2.24, 2.45) is 0 Å². The number of phosphoric ester groups is 2. The lowest BCUT2D eigenvalue weighted by atomic mass is 10.0. The highest BCUT2D eigenvalue weighted by Crippen LogP contribution is 2.45. The lowest BCUT2D eigenvalue weighted by Crippen LogP contribution is -2.30. The minimum Gasteiger partial charge on any atom is -0.463 e. The average molecular weight is 1790 g/mol. The number of esters is 3. The van der Waals surface area contributed by atoms with Crippen molar-refractivity contribution >= 4 is 33.6 Å². The summed E-state index contributed by atoms with van der Waals surface area (Å²) < 4.78 is 61.7. The van der Waals surface area contributed by atoms with Gasteiger partial charge in [0.25, 0.3) is 0 Å². The van der Waals surface area contributed by atoms with Crippen LogP contribution < -0.4 is 0 Å². The van der Waals surface area contributed by atoms with E-state index < -0.39 is 91.5 Å². The summed E-state index contributed by atoms with van der Waals surface area (Å²) >= 11 is 0. The zero-order valence-electron chi connectivity index (χ0n) is 79.5. The average Bonchev–Trinajstić information content (AvgIpc) is 0.901. The van der Waals surface area contributed by atoms with Crippen molar-refractivity contribution in [1.29, 1.82) is 0 Å². The smallest absolute Gasteiger partial charge is 0.463 e. The number of ether oxygens (including phenoxy) is 3. The van der Waals surface area contributed by atoms with Gasteiger partial charge >= 0.3 is 33.6 Å². The molecule has 16 nitrogen and oxygen atoms in total. The molecule has 125 heavy (non-hydrogen) atoms. The molecule has 0 aliphatic carbocycles. The Morgan fingerprint density at radius 1 is 0.232 bits per heavy atom. The number of aliphatic hydroxyl groups is 2. The molecule has 0 aromatic carbocycles. The van der Waals surface area contributed by atoms with Gasteiger partial charge < -0.3 is 34.2 Å². The summed E-state index contributed by atoms with van der Waals surface area (Å²) in [5, 5.41) is 20.8. The Morgan fingerprint density at radius 2 is 0.424 bits per heavy atom. The van der Waals surface area contributed by atoms with Crippen molar-refractivity contribution < 1.29 is 75.8 Å². The molecule has 0 aromatic rings. The second-order valence-corrected chi connectivity index (χ2v) is 36.4. The molecule has 718 valence electrons. The van der Waals surface area contributed by atoms with Gasteiger partial charge in [0.2, 0.25) is 0 Å². The quantitative estimate of drug-likeness (QED) is 0.0146. The first-order chi connectivity index (χ1) is 61.2. The second kappa shape index (κ2) is 98.0. The van der Waals surface area contributed by atoms with Crippen LogP contribution in [-0.4, -0.2) is 95.9 Å². The molecule has 0 heterocycles.